The molecule has 0 aliphatic rings. The third kappa shape index (κ3) is 4.39. The molecule has 0 saturated carbocycles. The summed E-state index contributed by atoms with van der Waals surface area (Å²) < 4.78 is 4.77. The molecule has 4 heteroatoms. The van der Waals surface area contributed by atoms with Crippen LogP contribution in [0.15, 0.2) is 182 Å². The van der Waals surface area contributed by atoms with E-state index in [4.69, 9.17) is 4.98 Å². The van der Waals surface area contributed by atoms with Crippen molar-refractivity contribution in [1.29, 1.82) is 0 Å². The maximum Gasteiger partial charge on any atom is 0.138 e. The lowest BCUT2D eigenvalue weighted by Gasteiger charge is -2.14. The first kappa shape index (κ1) is 28.3. The highest BCUT2D eigenvalue weighted by Crippen LogP contribution is 2.46. The molecule has 10 rings (SSSR count). The normalized spacial score (nSPS) is 11.6. The van der Waals surface area contributed by atoms with Crippen molar-refractivity contribution >= 4 is 43.6 Å². The minimum Gasteiger partial charge on any atom is -0.309 e. The molecule has 0 N–H and O–H groups in total. The zero-order valence-electron chi connectivity index (χ0n) is 27.1. The van der Waals surface area contributed by atoms with Crippen LogP contribution in [0.5, 0.6) is 0 Å². The number of benzene rings is 6. The summed E-state index contributed by atoms with van der Waals surface area (Å²) in [6.07, 6.45) is 3.75. The van der Waals surface area contributed by atoms with Gasteiger partial charge in [-0.2, -0.15) is 0 Å². The Labute approximate surface area is 289 Å². The van der Waals surface area contributed by atoms with Gasteiger partial charge >= 0.3 is 0 Å². The second-order valence-corrected chi connectivity index (χ2v) is 12.7. The first-order valence-corrected chi connectivity index (χ1v) is 16.9. The molecule has 6 aromatic carbocycles. The number of hydrogen-bond donors (Lipinski definition) is 0. The van der Waals surface area contributed by atoms with E-state index in [-0.39, 0.29) is 0 Å². The Morgan fingerprint density at radius 1 is 0.420 bits per heavy atom. The summed E-state index contributed by atoms with van der Waals surface area (Å²) in [5.41, 5.74) is 12.4. The third-order valence-corrected chi connectivity index (χ3v) is 9.80. The molecule has 0 aliphatic heterocycles. The predicted octanol–water partition coefficient (Wildman–Crippen LogP) is 11.7. The van der Waals surface area contributed by atoms with E-state index in [0.29, 0.717) is 0 Å². The van der Waals surface area contributed by atoms with Crippen LogP contribution in [0.3, 0.4) is 0 Å². The molecule has 0 unspecified atom stereocenters. The third-order valence-electron chi connectivity index (χ3n) is 9.80. The predicted molar refractivity (Wildman–Crippen MR) is 207 cm³/mol. The molecule has 0 atom stereocenters. The molecule has 4 aromatic heterocycles. The lowest BCUT2D eigenvalue weighted by Crippen LogP contribution is -2.00. The smallest absolute Gasteiger partial charge is 0.138 e. The van der Waals surface area contributed by atoms with Gasteiger partial charge in [0.1, 0.15) is 5.82 Å². The Morgan fingerprint density at radius 2 is 1.04 bits per heavy atom. The van der Waals surface area contributed by atoms with Crippen LogP contribution in [0.1, 0.15) is 0 Å². The van der Waals surface area contributed by atoms with Crippen molar-refractivity contribution in [1.82, 2.24) is 19.1 Å². The molecule has 10 aromatic rings. The number of para-hydroxylation sites is 2. The molecule has 0 bridgehead atoms. The summed E-state index contributed by atoms with van der Waals surface area (Å²) in [6.45, 7) is 0. The lowest BCUT2D eigenvalue weighted by atomic mass is 9.97. The summed E-state index contributed by atoms with van der Waals surface area (Å²) in [7, 11) is 0. The van der Waals surface area contributed by atoms with Gasteiger partial charge in [0.05, 0.1) is 27.8 Å². The van der Waals surface area contributed by atoms with E-state index in [2.05, 4.69) is 178 Å². The molecular weight excluding hydrogens is 609 g/mol. The first-order chi connectivity index (χ1) is 24.8. The molecule has 50 heavy (non-hydrogen) atoms. The van der Waals surface area contributed by atoms with Crippen LogP contribution in [0.25, 0.3) is 88.6 Å². The van der Waals surface area contributed by atoms with E-state index < -0.39 is 0 Å². The Morgan fingerprint density at radius 3 is 1.78 bits per heavy atom. The van der Waals surface area contributed by atoms with Gasteiger partial charge in [-0.05, 0) is 64.7 Å². The molecule has 0 radical (unpaired) electrons. The van der Waals surface area contributed by atoms with Crippen LogP contribution in [-0.2, 0) is 0 Å². The number of fused-ring (bicyclic) bond motifs is 5. The van der Waals surface area contributed by atoms with Crippen molar-refractivity contribution in [3.05, 3.63) is 182 Å². The largest absolute Gasteiger partial charge is 0.309 e. The molecule has 0 saturated heterocycles. The number of pyridine rings is 2. The lowest BCUT2D eigenvalue weighted by molar-refractivity contribution is 1.10. The SMILES string of the molecule is c1ccc(-c2cc(-n3c4ccccc4c4cc5c(-c6ccccc6)c(-c6ccccc6)n(-c6ccccc6)c5cc43)nc3ccncc23)cc1. The molecule has 0 aliphatic carbocycles. The minimum absolute atomic E-state index is 0.873. The van der Waals surface area contributed by atoms with Crippen LogP contribution in [-0.4, -0.2) is 19.1 Å². The van der Waals surface area contributed by atoms with Crippen LogP contribution < -0.4 is 0 Å². The van der Waals surface area contributed by atoms with E-state index in [1.165, 1.54) is 38.5 Å². The fourth-order valence-electron chi connectivity index (χ4n) is 7.63. The van der Waals surface area contributed by atoms with E-state index >= 15 is 0 Å². The summed E-state index contributed by atoms with van der Waals surface area (Å²) in [4.78, 5) is 9.77. The number of nitrogens with zero attached hydrogens (tertiary/aromatic N) is 4. The van der Waals surface area contributed by atoms with Gasteiger partial charge < -0.3 is 4.57 Å². The van der Waals surface area contributed by atoms with Crippen molar-refractivity contribution in [3.8, 4) is 45.0 Å². The maximum absolute atomic E-state index is 5.30. The molecule has 0 amide bonds. The van der Waals surface area contributed by atoms with Gasteiger partial charge in [-0.3, -0.25) is 9.55 Å². The standard InChI is InChI=1S/C46H30N4/c1-5-15-31(16-6-1)36-28-44(48-40-25-26-47-30-39(36)40)50-41-24-14-13-23-35(41)37-27-38-43(29-42(37)50)49(34-21-11-4-12-22-34)46(33-19-9-3-10-20-33)45(38)32-17-7-2-8-18-32/h1-30H. The average Bonchev–Trinajstić information content (AvgIpc) is 3.70. The summed E-state index contributed by atoms with van der Waals surface area (Å²) >= 11 is 0. The van der Waals surface area contributed by atoms with E-state index in [0.717, 1.165) is 50.1 Å². The zero-order valence-corrected chi connectivity index (χ0v) is 27.1. The Hall–Kier alpha value is -6.78. The number of aromatic nitrogens is 4. The van der Waals surface area contributed by atoms with Crippen molar-refractivity contribution in [3.63, 3.8) is 0 Å². The number of hydrogen-bond acceptors (Lipinski definition) is 2. The minimum atomic E-state index is 0.873. The van der Waals surface area contributed by atoms with Crippen molar-refractivity contribution < 1.29 is 0 Å². The van der Waals surface area contributed by atoms with Gasteiger partial charge in [-0.15, -0.1) is 0 Å². The van der Waals surface area contributed by atoms with Gasteiger partial charge in [-0.25, -0.2) is 4.98 Å². The Balaban J connectivity index is 1.37. The summed E-state index contributed by atoms with van der Waals surface area (Å²) in [6, 6.07) is 60.5. The molecule has 0 fully saturated rings. The fraction of sp³-hybridized carbons (Fsp3) is 0. The topological polar surface area (TPSA) is 35.6 Å². The highest BCUT2D eigenvalue weighted by molar-refractivity contribution is 6.17. The van der Waals surface area contributed by atoms with Crippen LogP contribution in [0.2, 0.25) is 0 Å². The van der Waals surface area contributed by atoms with Gasteiger partial charge in [0.15, 0.2) is 0 Å². The van der Waals surface area contributed by atoms with E-state index in [9.17, 15) is 0 Å². The van der Waals surface area contributed by atoms with Crippen molar-refractivity contribution in [2.75, 3.05) is 0 Å². The average molecular weight is 639 g/mol. The van der Waals surface area contributed by atoms with Crippen LogP contribution in [0.4, 0.5) is 0 Å². The van der Waals surface area contributed by atoms with Gasteiger partial charge in [0, 0.05) is 45.2 Å². The zero-order chi connectivity index (χ0) is 33.0. The Bertz CT molecular complexity index is 2840. The molecule has 4 nitrogen and oxygen atoms in total. The van der Waals surface area contributed by atoms with Crippen molar-refractivity contribution in [2.45, 2.75) is 0 Å². The van der Waals surface area contributed by atoms with Gasteiger partial charge in [0.2, 0.25) is 0 Å². The fourth-order valence-corrected chi connectivity index (χ4v) is 7.63. The quantitative estimate of drug-likeness (QED) is 0.188. The van der Waals surface area contributed by atoms with Crippen LogP contribution >= 0.6 is 0 Å². The van der Waals surface area contributed by atoms with Gasteiger partial charge in [-0.1, -0.05) is 127 Å². The second-order valence-electron chi connectivity index (χ2n) is 12.7. The van der Waals surface area contributed by atoms with E-state index in [1.54, 1.807) is 0 Å². The monoisotopic (exact) mass is 638 g/mol. The summed E-state index contributed by atoms with van der Waals surface area (Å²) in [5, 5.41) is 4.61. The Kier molecular flexibility index (Phi) is 6.46. The summed E-state index contributed by atoms with van der Waals surface area (Å²) in [5.74, 6) is 0.873. The highest BCUT2D eigenvalue weighted by Gasteiger charge is 2.24. The number of rotatable bonds is 5. The second kappa shape index (κ2) is 11.4. The van der Waals surface area contributed by atoms with Crippen LogP contribution in [0, 0.1) is 0 Å². The molecule has 0 spiro atoms. The van der Waals surface area contributed by atoms with E-state index in [1.807, 2.05) is 18.5 Å². The van der Waals surface area contributed by atoms with Crippen molar-refractivity contribution in [2.24, 2.45) is 0 Å². The van der Waals surface area contributed by atoms with Gasteiger partial charge in [0.25, 0.3) is 0 Å². The maximum atomic E-state index is 5.30. The highest BCUT2D eigenvalue weighted by atomic mass is 15.1. The molecule has 4 heterocycles. The molecular formula is C46H30N4. The molecule has 234 valence electrons. The first-order valence-electron chi connectivity index (χ1n) is 16.9.